The van der Waals surface area contributed by atoms with E-state index >= 15 is 0 Å². The van der Waals surface area contributed by atoms with Crippen molar-refractivity contribution >= 4 is 23.9 Å². The van der Waals surface area contributed by atoms with Crippen LogP contribution < -0.4 is 88.7 Å². The van der Waals surface area contributed by atoms with Crippen molar-refractivity contribution in [3.63, 3.8) is 0 Å². The molecule has 10 nitrogen and oxygen atoms in total. The van der Waals surface area contributed by atoms with Crippen molar-refractivity contribution in [2.75, 3.05) is 39.3 Å². The molecule has 0 amide bonds. The summed E-state index contributed by atoms with van der Waals surface area (Å²) in [5, 5.41) is 34.5. The fourth-order valence-electron chi connectivity index (χ4n) is 1.48. The molecule has 0 aliphatic rings. The molecule has 0 aromatic rings. The molecule has 13 heteroatoms. The van der Waals surface area contributed by atoms with E-state index in [0.717, 1.165) is 9.80 Å². The van der Waals surface area contributed by atoms with E-state index in [1.54, 1.807) is 0 Å². The number of carboxylic acids is 4. The summed E-state index contributed by atoms with van der Waals surface area (Å²) >= 11 is 0. The minimum Gasteiger partial charge on any atom is -0.480 e. The summed E-state index contributed by atoms with van der Waals surface area (Å²) < 4.78 is 0. The average Bonchev–Trinajstić information content (AvgIpc) is 2.22. The van der Waals surface area contributed by atoms with Crippen LogP contribution >= 0.6 is 0 Å². The van der Waals surface area contributed by atoms with Crippen molar-refractivity contribution in [2.24, 2.45) is 0 Å². The number of nitrogens with zero attached hydrogens (tertiary/aromatic N) is 2. The van der Waals surface area contributed by atoms with Gasteiger partial charge in [-0.05, 0) is 0 Å². The quantitative estimate of drug-likeness (QED) is 0.261. The van der Waals surface area contributed by atoms with E-state index in [9.17, 15) is 19.2 Å². The zero-order valence-corrected chi connectivity index (χ0v) is 19.6. The van der Waals surface area contributed by atoms with Crippen molar-refractivity contribution in [3.8, 4) is 0 Å². The summed E-state index contributed by atoms with van der Waals surface area (Å²) in [6, 6.07) is 0. The average molecular weight is 361 g/mol. The zero-order chi connectivity index (χ0) is 15.7. The van der Waals surface area contributed by atoms with Gasteiger partial charge in [-0.25, -0.2) is 0 Å². The zero-order valence-electron chi connectivity index (χ0n) is 13.6. The summed E-state index contributed by atoms with van der Waals surface area (Å²) in [5.41, 5.74) is 0. The van der Waals surface area contributed by atoms with E-state index in [0.29, 0.717) is 0 Å². The van der Waals surface area contributed by atoms with Crippen molar-refractivity contribution in [3.05, 3.63) is 0 Å². The van der Waals surface area contributed by atoms with E-state index in [4.69, 9.17) is 20.4 Å². The van der Waals surface area contributed by atoms with Gasteiger partial charge < -0.3 is 20.4 Å². The van der Waals surface area contributed by atoms with E-state index in [1.165, 1.54) is 0 Å². The van der Waals surface area contributed by atoms with Crippen LogP contribution in [0.25, 0.3) is 0 Å². The Labute approximate surface area is 199 Å². The molecule has 0 aliphatic heterocycles. The van der Waals surface area contributed by atoms with Gasteiger partial charge in [-0.15, -0.1) is 0 Å². The first-order chi connectivity index (χ1) is 9.20. The van der Waals surface area contributed by atoms with Gasteiger partial charge in [0, 0.05) is 13.1 Å². The Balaban J connectivity index is -0.000000602. The molecule has 0 unspecified atom stereocenters. The molecule has 23 heavy (non-hydrogen) atoms. The SMILES string of the molecule is O=C(O)CN(CCN(CC(=O)O)CC(=O)O)CC(=O)O.[Na+].[Na+].[Na+]. The van der Waals surface area contributed by atoms with E-state index in [1.807, 2.05) is 0 Å². The van der Waals surface area contributed by atoms with Gasteiger partial charge in [0.15, 0.2) is 0 Å². The molecule has 0 saturated heterocycles. The Morgan fingerprint density at radius 1 is 0.522 bits per heavy atom. The Bertz CT molecular complexity index is 328. The van der Waals surface area contributed by atoms with Crippen LogP contribution in [0.2, 0.25) is 0 Å². The topological polar surface area (TPSA) is 156 Å². The number of carbonyl (C=O) groups is 4. The molecule has 0 saturated carbocycles. The first kappa shape index (κ1) is 31.6. The Morgan fingerprint density at radius 3 is 0.826 bits per heavy atom. The predicted molar refractivity (Wildman–Crippen MR) is 63.4 cm³/mol. The Morgan fingerprint density at radius 2 is 0.696 bits per heavy atom. The van der Waals surface area contributed by atoms with Gasteiger partial charge in [-0.3, -0.25) is 29.0 Å². The minimum atomic E-state index is -1.23. The molecule has 0 spiro atoms. The summed E-state index contributed by atoms with van der Waals surface area (Å²) in [7, 11) is 0. The van der Waals surface area contributed by atoms with Gasteiger partial charge in [0.1, 0.15) is 0 Å². The maximum atomic E-state index is 10.6. The molecule has 0 fully saturated rings. The molecule has 114 valence electrons. The van der Waals surface area contributed by atoms with Crippen LogP contribution in [0.5, 0.6) is 0 Å². The van der Waals surface area contributed by atoms with Gasteiger partial charge in [-0.1, -0.05) is 0 Å². The molecule has 0 atom stereocenters. The molecule has 0 radical (unpaired) electrons. The summed E-state index contributed by atoms with van der Waals surface area (Å²) in [6.07, 6.45) is 0. The largest absolute Gasteiger partial charge is 1.00 e. The molecule has 0 aromatic heterocycles. The Hall–Kier alpha value is 0.800. The molecule has 0 rings (SSSR count). The molecular formula is C10H16N2Na3O8+3. The molecule has 4 N–H and O–H groups in total. The van der Waals surface area contributed by atoms with Gasteiger partial charge in [-0.2, -0.15) is 0 Å². The third-order valence-corrected chi connectivity index (χ3v) is 2.17. The number of carboxylic acid groups (broad SMARTS) is 4. The number of rotatable bonds is 11. The van der Waals surface area contributed by atoms with Crippen LogP contribution in [0.15, 0.2) is 0 Å². The van der Waals surface area contributed by atoms with Gasteiger partial charge in [0.25, 0.3) is 0 Å². The summed E-state index contributed by atoms with van der Waals surface area (Å²) in [4.78, 5) is 44.4. The van der Waals surface area contributed by atoms with Crippen molar-refractivity contribution < 1.29 is 128 Å². The molecule has 0 aliphatic carbocycles. The van der Waals surface area contributed by atoms with Crippen molar-refractivity contribution in [1.82, 2.24) is 9.80 Å². The molecule has 0 heterocycles. The predicted octanol–water partition coefficient (Wildman–Crippen LogP) is -11.1. The van der Waals surface area contributed by atoms with Crippen LogP contribution in [0.1, 0.15) is 0 Å². The Kier molecular flexibility index (Phi) is 24.2. The van der Waals surface area contributed by atoms with E-state index in [-0.39, 0.29) is 102 Å². The standard InChI is InChI=1S/C10H16N2O8.3Na/c13-7(14)3-11(4-8(15)16)1-2-12(5-9(17)18)6-10(19)20;;;/h1-6H2,(H,13,14)(H,15,16)(H,17,18)(H,19,20);;;/q;3*+1. The maximum Gasteiger partial charge on any atom is 1.00 e. The second-order valence-corrected chi connectivity index (χ2v) is 4.00. The fraction of sp³-hybridized carbons (Fsp3) is 0.600. The second-order valence-electron chi connectivity index (χ2n) is 4.00. The monoisotopic (exact) mass is 361 g/mol. The van der Waals surface area contributed by atoms with Gasteiger partial charge in [0.2, 0.25) is 0 Å². The van der Waals surface area contributed by atoms with Crippen LogP contribution in [-0.2, 0) is 19.2 Å². The van der Waals surface area contributed by atoms with Crippen molar-refractivity contribution in [1.29, 1.82) is 0 Å². The van der Waals surface area contributed by atoms with E-state index in [2.05, 4.69) is 0 Å². The number of hydrogen-bond donors (Lipinski definition) is 4. The van der Waals surface area contributed by atoms with E-state index < -0.39 is 50.1 Å². The van der Waals surface area contributed by atoms with Crippen LogP contribution in [0.4, 0.5) is 0 Å². The minimum absolute atomic E-state index is 0. The summed E-state index contributed by atoms with van der Waals surface area (Å²) in [6.45, 7) is -2.25. The molecular weight excluding hydrogens is 345 g/mol. The first-order valence-corrected chi connectivity index (χ1v) is 5.52. The maximum absolute atomic E-state index is 10.6. The van der Waals surface area contributed by atoms with Crippen LogP contribution in [-0.4, -0.2) is 93.4 Å². The molecule has 0 bridgehead atoms. The molecule has 0 aromatic carbocycles. The first-order valence-electron chi connectivity index (χ1n) is 5.52. The number of aliphatic carboxylic acids is 4. The smallest absolute Gasteiger partial charge is 0.480 e. The van der Waals surface area contributed by atoms with Gasteiger partial charge >= 0.3 is 113 Å². The number of hydrogen-bond acceptors (Lipinski definition) is 6. The van der Waals surface area contributed by atoms with Crippen LogP contribution in [0, 0.1) is 0 Å². The second kappa shape index (κ2) is 17.6. The van der Waals surface area contributed by atoms with Crippen LogP contribution in [0.3, 0.4) is 0 Å². The third-order valence-electron chi connectivity index (χ3n) is 2.17. The third kappa shape index (κ3) is 20.8. The van der Waals surface area contributed by atoms with Gasteiger partial charge in [0.05, 0.1) is 26.2 Å². The normalized spacial score (nSPS) is 9.30. The fourth-order valence-corrected chi connectivity index (χ4v) is 1.48. The van der Waals surface area contributed by atoms with Crippen molar-refractivity contribution in [2.45, 2.75) is 0 Å². The summed E-state index contributed by atoms with van der Waals surface area (Å²) in [5.74, 6) is -4.91.